The highest BCUT2D eigenvalue weighted by Crippen LogP contribution is 2.30. The summed E-state index contributed by atoms with van der Waals surface area (Å²) in [5, 5.41) is 2.73. The van der Waals surface area contributed by atoms with Gasteiger partial charge in [-0.05, 0) is 32.6 Å². The lowest BCUT2D eigenvalue weighted by Crippen LogP contribution is -2.42. The van der Waals surface area contributed by atoms with Gasteiger partial charge in [-0.15, -0.1) is 11.3 Å². The van der Waals surface area contributed by atoms with E-state index in [0.717, 1.165) is 11.7 Å². The summed E-state index contributed by atoms with van der Waals surface area (Å²) in [7, 11) is 0. The Balaban J connectivity index is 2.11. The summed E-state index contributed by atoms with van der Waals surface area (Å²) >= 11 is 1.53. The van der Waals surface area contributed by atoms with Crippen molar-refractivity contribution in [3.05, 3.63) is 11.1 Å². The van der Waals surface area contributed by atoms with Crippen molar-refractivity contribution in [2.24, 2.45) is 5.92 Å². The second kappa shape index (κ2) is 5.69. The zero-order valence-electron chi connectivity index (χ0n) is 11.2. The Hall–Kier alpha value is -1.10. The van der Waals surface area contributed by atoms with Gasteiger partial charge in [0.25, 0.3) is 0 Å². The van der Waals surface area contributed by atoms with Crippen molar-refractivity contribution in [1.82, 2.24) is 4.98 Å². The number of hydrogen-bond acceptors (Lipinski definition) is 5. The van der Waals surface area contributed by atoms with E-state index in [1.165, 1.54) is 24.2 Å². The van der Waals surface area contributed by atoms with Gasteiger partial charge in [0.2, 0.25) is 0 Å². The number of anilines is 1. The fourth-order valence-electron chi connectivity index (χ4n) is 2.30. The molecule has 2 rings (SSSR count). The maximum absolute atomic E-state index is 11.6. The Morgan fingerprint density at radius 3 is 3.11 bits per heavy atom. The lowest BCUT2D eigenvalue weighted by Gasteiger charge is -2.37. The van der Waals surface area contributed by atoms with Gasteiger partial charge in [-0.3, -0.25) is 0 Å². The third-order valence-electron chi connectivity index (χ3n) is 3.60. The van der Waals surface area contributed by atoms with Crippen molar-refractivity contribution >= 4 is 22.4 Å². The van der Waals surface area contributed by atoms with Gasteiger partial charge in [-0.2, -0.15) is 0 Å². The summed E-state index contributed by atoms with van der Waals surface area (Å²) in [4.78, 5) is 18.3. The van der Waals surface area contributed by atoms with E-state index in [1.54, 1.807) is 12.3 Å². The molecule has 2 heterocycles. The number of carbonyl (C=O) groups is 1. The molecule has 1 aromatic rings. The summed E-state index contributed by atoms with van der Waals surface area (Å²) in [6, 6.07) is 0.486. The Morgan fingerprint density at radius 1 is 1.61 bits per heavy atom. The number of hydrogen-bond donors (Lipinski definition) is 0. The molecule has 0 spiro atoms. The normalized spacial score (nSPS) is 24.1. The van der Waals surface area contributed by atoms with E-state index in [9.17, 15) is 4.79 Å². The molecule has 0 aliphatic carbocycles. The molecule has 5 heteroatoms. The van der Waals surface area contributed by atoms with Crippen LogP contribution in [-0.4, -0.2) is 30.1 Å². The van der Waals surface area contributed by atoms with Crippen LogP contribution in [0.4, 0.5) is 5.13 Å². The lowest BCUT2D eigenvalue weighted by atomic mass is 9.93. The standard InChI is InChI=1S/C13H20N2O2S/c1-4-17-12(16)11-8-18-13(14-11)15-7-5-6-9(2)10(15)3/h8-10H,4-7H2,1-3H3. The number of carbonyl (C=O) groups excluding carboxylic acids is 1. The summed E-state index contributed by atoms with van der Waals surface area (Å²) in [5.41, 5.74) is 0.433. The van der Waals surface area contributed by atoms with E-state index in [0.29, 0.717) is 24.3 Å². The van der Waals surface area contributed by atoms with Crippen LogP contribution in [0.5, 0.6) is 0 Å². The minimum absolute atomic E-state index is 0.322. The number of esters is 1. The van der Waals surface area contributed by atoms with Crippen LogP contribution in [0.1, 0.15) is 44.1 Å². The Morgan fingerprint density at radius 2 is 2.39 bits per heavy atom. The quantitative estimate of drug-likeness (QED) is 0.790. The van der Waals surface area contributed by atoms with Gasteiger partial charge >= 0.3 is 5.97 Å². The molecule has 2 atom stereocenters. The molecule has 0 amide bonds. The van der Waals surface area contributed by atoms with Gasteiger partial charge in [0.1, 0.15) is 0 Å². The van der Waals surface area contributed by atoms with Crippen molar-refractivity contribution in [3.63, 3.8) is 0 Å². The Bertz CT molecular complexity index is 419. The molecule has 1 aliphatic heterocycles. The zero-order chi connectivity index (χ0) is 13.1. The third-order valence-corrected chi connectivity index (χ3v) is 4.47. The highest BCUT2D eigenvalue weighted by atomic mass is 32.1. The minimum atomic E-state index is -0.322. The van der Waals surface area contributed by atoms with Crippen LogP contribution in [0.3, 0.4) is 0 Å². The zero-order valence-corrected chi connectivity index (χ0v) is 12.0. The highest BCUT2D eigenvalue weighted by Gasteiger charge is 2.27. The molecule has 1 fully saturated rings. The number of piperidine rings is 1. The maximum Gasteiger partial charge on any atom is 0.357 e. The molecular weight excluding hydrogens is 248 g/mol. The molecule has 1 aliphatic rings. The van der Waals surface area contributed by atoms with E-state index in [-0.39, 0.29) is 5.97 Å². The molecule has 1 saturated heterocycles. The first kappa shape index (κ1) is 13.3. The molecule has 4 nitrogen and oxygen atoms in total. The molecule has 2 unspecified atom stereocenters. The van der Waals surface area contributed by atoms with Gasteiger partial charge in [-0.1, -0.05) is 6.92 Å². The molecule has 100 valence electrons. The average molecular weight is 268 g/mol. The first-order valence-corrected chi connectivity index (χ1v) is 7.40. The predicted octanol–water partition coefficient (Wildman–Crippen LogP) is 2.94. The molecule has 0 N–H and O–H groups in total. The molecular formula is C13H20N2O2S. The second-order valence-electron chi connectivity index (χ2n) is 4.79. The predicted molar refractivity (Wildman–Crippen MR) is 73.3 cm³/mol. The minimum Gasteiger partial charge on any atom is -0.461 e. The van der Waals surface area contributed by atoms with Crippen LogP contribution in [0, 0.1) is 5.92 Å². The first-order chi connectivity index (χ1) is 8.63. The third kappa shape index (κ3) is 2.66. The van der Waals surface area contributed by atoms with Gasteiger partial charge in [0, 0.05) is 18.0 Å². The van der Waals surface area contributed by atoms with Crippen molar-refractivity contribution in [2.75, 3.05) is 18.1 Å². The molecule has 18 heavy (non-hydrogen) atoms. The number of nitrogens with zero attached hydrogens (tertiary/aromatic N) is 2. The van der Waals surface area contributed by atoms with Crippen LogP contribution in [0.15, 0.2) is 5.38 Å². The van der Waals surface area contributed by atoms with Crippen LogP contribution in [0.2, 0.25) is 0 Å². The maximum atomic E-state index is 11.6. The smallest absolute Gasteiger partial charge is 0.357 e. The van der Waals surface area contributed by atoms with E-state index in [4.69, 9.17) is 4.74 Å². The van der Waals surface area contributed by atoms with E-state index < -0.39 is 0 Å². The molecule has 0 bridgehead atoms. The molecule has 0 radical (unpaired) electrons. The van der Waals surface area contributed by atoms with E-state index >= 15 is 0 Å². The van der Waals surface area contributed by atoms with Crippen LogP contribution in [0.25, 0.3) is 0 Å². The monoisotopic (exact) mass is 268 g/mol. The number of thiazole rings is 1. The number of rotatable bonds is 3. The van der Waals surface area contributed by atoms with Gasteiger partial charge in [-0.25, -0.2) is 9.78 Å². The van der Waals surface area contributed by atoms with Crippen LogP contribution >= 0.6 is 11.3 Å². The SMILES string of the molecule is CCOC(=O)c1csc(N2CCCC(C)C2C)n1. The van der Waals surface area contributed by atoms with Crippen molar-refractivity contribution in [1.29, 1.82) is 0 Å². The molecule has 1 aromatic heterocycles. The Kier molecular flexibility index (Phi) is 4.22. The summed E-state index contributed by atoms with van der Waals surface area (Å²) < 4.78 is 4.96. The first-order valence-electron chi connectivity index (χ1n) is 6.52. The number of ether oxygens (including phenoxy) is 1. The van der Waals surface area contributed by atoms with E-state index in [1.807, 2.05) is 0 Å². The van der Waals surface area contributed by atoms with Crippen LogP contribution < -0.4 is 4.90 Å². The topological polar surface area (TPSA) is 42.4 Å². The lowest BCUT2D eigenvalue weighted by molar-refractivity contribution is 0.0520. The number of aromatic nitrogens is 1. The van der Waals surface area contributed by atoms with Gasteiger partial charge in [0.05, 0.1) is 6.61 Å². The van der Waals surface area contributed by atoms with Gasteiger partial charge in [0.15, 0.2) is 10.8 Å². The highest BCUT2D eigenvalue weighted by molar-refractivity contribution is 7.13. The largest absolute Gasteiger partial charge is 0.461 e. The van der Waals surface area contributed by atoms with E-state index in [2.05, 4.69) is 23.7 Å². The second-order valence-corrected chi connectivity index (χ2v) is 5.63. The fraction of sp³-hybridized carbons (Fsp3) is 0.692. The Labute approximate surface area is 112 Å². The summed E-state index contributed by atoms with van der Waals surface area (Å²) in [5.74, 6) is 0.353. The van der Waals surface area contributed by atoms with Gasteiger partial charge < -0.3 is 9.64 Å². The van der Waals surface area contributed by atoms with Crippen molar-refractivity contribution < 1.29 is 9.53 Å². The summed E-state index contributed by atoms with van der Waals surface area (Å²) in [6.45, 7) is 7.73. The molecule has 0 aromatic carbocycles. The molecule has 0 saturated carbocycles. The fourth-order valence-corrected chi connectivity index (χ4v) is 3.21. The van der Waals surface area contributed by atoms with Crippen molar-refractivity contribution in [3.8, 4) is 0 Å². The summed E-state index contributed by atoms with van der Waals surface area (Å²) in [6.07, 6.45) is 2.47. The van der Waals surface area contributed by atoms with Crippen LogP contribution in [-0.2, 0) is 4.74 Å². The average Bonchev–Trinajstić information content (AvgIpc) is 2.82. The van der Waals surface area contributed by atoms with Crippen molar-refractivity contribution in [2.45, 2.75) is 39.7 Å².